The number of anilines is 1. The third-order valence-electron chi connectivity index (χ3n) is 8.84. The van der Waals surface area contributed by atoms with Crippen molar-refractivity contribution in [3.63, 3.8) is 0 Å². The molecule has 0 radical (unpaired) electrons. The van der Waals surface area contributed by atoms with Crippen LogP contribution >= 0.6 is 11.3 Å². The molecule has 2 aliphatic rings. The van der Waals surface area contributed by atoms with Crippen LogP contribution in [0.1, 0.15) is 56.9 Å². The first kappa shape index (κ1) is 25.7. The third kappa shape index (κ3) is 4.59. The molecule has 9 heteroatoms. The van der Waals surface area contributed by atoms with E-state index in [9.17, 15) is 13.2 Å². The monoisotopic (exact) mass is 550 g/mol. The highest BCUT2D eigenvalue weighted by molar-refractivity contribution is 7.88. The normalized spacial score (nSPS) is 21.7. The quantitative estimate of drug-likeness (QED) is 0.299. The Morgan fingerprint density at radius 1 is 1.08 bits per heavy atom. The summed E-state index contributed by atoms with van der Waals surface area (Å²) < 4.78 is 25.2. The van der Waals surface area contributed by atoms with Crippen LogP contribution in [-0.4, -0.2) is 43.0 Å². The van der Waals surface area contributed by atoms with Gasteiger partial charge in [-0.1, -0.05) is 12.1 Å². The lowest BCUT2D eigenvalue weighted by atomic mass is 9.72. The van der Waals surface area contributed by atoms with Crippen LogP contribution in [0.5, 0.6) is 0 Å². The van der Waals surface area contributed by atoms with Crippen molar-refractivity contribution in [2.75, 3.05) is 18.6 Å². The highest BCUT2D eigenvalue weighted by atomic mass is 32.2. The minimum Gasteiger partial charge on any atom is -0.325 e. The van der Waals surface area contributed by atoms with E-state index in [0.29, 0.717) is 12.1 Å². The Labute approximate surface area is 227 Å². The lowest BCUT2D eigenvalue weighted by Crippen LogP contribution is -2.43. The second kappa shape index (κ2) is 9.55. The van der Waals surface area contributed by atoms with E-state index in [1.807, 2.05) is 6.07 Å². The largest absolute Gasteiger partial charge is 0.325 e. The Morgan fingerprint density at radius 2 is 1.79 bits per heavy atom. The number of sulfonamides is 1. The number of benzene rings is 2. The minimum atomic E-state index is -3.19. The van der Waals surface area contributed by atoms with E-state index in [4.69, 9.17) is 10.7 Å². The lowest BCUT2D eigenvalue weighted by molar-refractivity contribution is -0.117. The van der Waals surface area contributed by atoms with E-state index >= 15 is 0 Å². The Morgan fingerprint density at radius 3 is 2.45 bits per heavy atom. The molecule has 0 spiro atoms. The second-order valence-electron chi connectivity index (χ2n) is 11.3. The van der Waals surface area contributed by atoms with Crippen LogP contribution in [0, 0.1) is 5.92 Å². The van der Waals surface area contributed by atoms with E-state index in [2.05, 4.69) is 34.3 Å². The van der Waals surface area contributed by atoms with Crippen molar-refractivity contribution in [3.05, 3.63) is 46.8 Å². The minimum absolute atomic E-state index is 0.0215. The number of amides is 1. The first-order chi connectivity index (χ1) is 18.1. The van der Waals surface area contributed by atoms with Crippen LogP contribution < -0.4 is 11.1 Å². The van der Waals surface area contributed by atoms with Crippen LogP contribution in [-0.2, 0) is 20.4 Å². The summed E-state index contributed by atoms with van der Waals surface area (Å²) in [6, 6.07) is 8.62. The standard InChI is InChI=1S/C29H34N4O3S2/c1-33(38(2,35)36)21-7-4-18(5-8-21)12-27(34)32-20-14-24-26-17-37-16-25(26)23-13-19(29(30)10-3-11-29)6-9-22(23)28(24)31-15-20/h6,9,13-18,21H,3-5,7-8,10-12,30H2,1-2H3,(H,32,34)/t18-,21-. The van der Waals surface area contributed by atoms with Gasteiger partial charge in [-0.25, -0.2) is 12.7 Å². The molecule has 3 N–H and O–H groups in total. The zero-order valence-corrected chi connectivity index (χ0v) is 23.5. The highest BCUT2D eigenvalue weighted by Gasteiger charge is 2.34. The molecule has 200 valence electrons. The number of nitrogens with two attached hydrogens (primary N) is 1. The maximum absolute atomic E-state index is 12.9. The first-order valence-electron chi connectivity index (χ1n) is 13.4. The topological polar surface area (TPSA) is 105 Å². The molecule has 6 rings (SSSR count). The lowest BCUT2D eigenvalue weighted by Gasteiger charge is -2.38. The Kier molecular flexibility index (Phi) is 6.45. The van der Waals surface area contributed by atoms with E-state index < -0.39 is 10.0 Å². The van der Waals surface area contributed by atoms with E-state index in [1.54, 1.807) is 24.6 Å². The Balaban J connectivity index is 1.21. The summed E-state index contributed by atoms with van der Waals surface area (Å²) in [7, 11) is -1.54. The number of rotatable bonds is 6. The molecule has 0 atom stereocenters. The number of aromatic nitrogens is 1. The van der Waals surface area contributed by atoms with E-state index in [-0.39, 0.29) is 23.4 Å². The molecule has 0 unspecified atom stereocenters. The SMILES string of the molecule is CN([C@H]1CC[C@H](CC(=O)Nc2cnc3c4ccc(C5(N)CCC5)cc4c4cscc4c3c2)CC1)S(C)(=O)=O. The van der Waals surface area contributed by atoms with Gasteiger partial charge in [0.05, 0.1) is 23.7 Å². The van der Waals surface area contributed by atoms with Crippen LogP contribution in [0.3, 0.4) is 0 Å². The molecule has 0 saturated heterocycles. The maximum atomic E-state index is 12.9. The first-order valence-corrected chi connectivity index (χ1v) is 16.2. The third-order valence-corrected chi connectivity index (χ3v) is 10.9. The average Bonchev–Trinajstić information content (AvgIpc) is 3.37. The molecular formula is C29H34N4O3S2. The van der Waals surface area contributed by atoms with Crippen molar-refractivity contribution in [2.24, 2.45) is 11.7 Å². The summed E-state index contributed by atoms with van der Waals surface area (Å²) >= 11 is 1.67. The molecule has 2 fully saturated rings. The number of nitrogens with one attached hydrogen (secondary N) is 1. The number of nitrogens with zero attached hydrogens (tertiary/aromatic N) is 2. The van der Waals surface area contributed by atoms with Gasteiger partial charge in [0.15, 0.2) is 0 Å². The van der Waals surface area contributed by atoms with Gasteiger partial charge in [0.1, 0.15) is 0 Å². The summed E-state index contributed by atoms with van der Waals surface area (Å²) in [5.41, 5.74) is 9.26. The van der Waals surface area contributed by atoms with Gasteiger partial charge in [-0.3, -0.25) is 9.78 Å². The molecule has 38 heavy (non-hydrogen) atoms. The van der Waals surface area contributed by atoms with Crippen LogP contribution in [0.25, 0.3) is 32.4 Å². The predicted octanol–water partition coefficient (Wildman–Crippen LogP) is 5.72. The molecule has 0 bridgehead atoms. The van der Waals surface area contributed by atoms with Gasteiger partial charge in [0, 0.05) is 46.6 Å². The number of hydrogen-bond acceptors (Lipinski definition) is 6. The molecule has 2 aliphatic carbocycles. The van der Waals surface area contributed by atoms with Crippen molar-refractivity contribution in [3.8, 4) is 0 Å². The van der Waals surface area contributed by atoms with Gasteiger partial charge in [-0.05, 0) is 84.7 Å². The fourth-order valence-electron chi connectivity index (χ4n) is 6.25. The zero-order valence-electron chi connectivity index (χ0n) is 21.9. The number of thiophene rings is 1. The molecule has 0 aliphatic heterocycles. The van der Waals surface area contributed by atoms with Crippen molar-refractivity contribution in [2.45, 2.75) is 62.9 Å². The van der Waals surface area contributed by atoms with E-state index in [1.165, 1.54) is 33.3 Å². The Hall–Kier alpha value is -2.59. The number of carbonyl (C=O) groups excluding carboxylic acids is 1. The molecular weight excluding hydrogens is 516 g/mol. The molecule has 2 aromatic heterocycles. The second-order valence-corrected chi connectivity index (χ2v) is 14.1. The van der Waals surface area contributed by atoms with Crippen molar-refractivity contribution in [1.82, 2.24) is 9.29 Å². The predicted molar refractivity (Wildman–Crippen MR) is 156 cm³/mol. The van der Waals surface area contributed by atoms with Crippen molar-refractivity contribution >= 4 is 65.4 Å². The molecule has 2 heterocycles. The van der Waals surface area contributed by atoms with Crippen LogP contribution in [0.15, 0.2) is 41.2 Å². The summed E-state index contributed by atoms with van der Waals surface area (Å²) in [5, 5.41) is 13.1. The average molecular weight is 551 g/mol. The number of hydrogen-bond donors (Lipinski definition) is 2. The summed E-state index contributed by atoms with van der Waals surface area (Å²) in [6.07, 6.45) is 9.94. The van der Waals surface area contributed by atoms with Gasteiger partial charge < -0.3 is 11.1 Å². The van der Waals surface area contributed by atoms with Crippen LogP contribution in [0.2, 0.25) is 0 Å². The van der Waals surface area contributed by atoms with Crippen molar-refractivity contribution < 1.29 is 13.2 Å². The Bertz CT molecular complexity index is 1650. The zero-order chi connectivity index (χ0) is 26.7. The fourth-order valence-corrected chi connectivity index (χ4v) is 7.85. The number of pyridine rings is 1. The molecule has 2 aromatic carbocycles. The van der Waals surface area contributed by atoms with Gasteiger partial charge in [0.2, 0.25) is 15.9 Å². The maximum Gasteiger partial charge on any atom is 0.224 e. The van der Waals surface area contributed by atoms with Crippen molar-refractivity contribution in [1.29, 1.82) is 0 Å². The molecule has 7 nitrogen and oxygen atoms in total. The highest BCUT2D eigenvalue weighted by Crippen LogP contribution is 2.43. The van der Waals surface area contributed by atoms with Gasteiger partial charge >= 0.3 is 0 Å². The number of fused-ring (bicyclic) bond motifs is 6. The summed E-state index contributed by atoms with van der Waals surface area (Å²) in [4.78, 5) is 17.7. The molecule has 4 aromatic rings. The summed E-state index contributed by atoms with van der Waals surface area (Å²) in [5.74, 6) is 0.239. The fraction of sp³-hybridized carbons (Fsp3) is 0.448. The molecule has 2 saturated carbocycles. The van der Waals surface area contributed by atoms with Gasteiger partial charge in [-0.2, -0.15) is 11.3 Å². The smallest absolute Gasteiger partial charge is 0.224 e. The summed E-state index contributed by atoms with van der Waals surface area (Å²) in [6.45, 7) is 0. The van der Waals surface area contributed by atoms with Gasteiger partial charge in [0.25, 0.3) is 0 Å². The number of carbonyl (C=O) groups is 1. The van der Waals surface area contributed by atoms with Gasteiger partial charge in [-0.15, -0.1) is 0 Å². The van der Waals surface area contributed by atoms with E-state index in [0.717, 1.165) is 60.2 Å². The molecule has 1 amide bonds. The van der Waals surface area contributed by atoms with Crippen LogP contribution in [0.4, 0.5) is 5.69 Å².